The second-order valence-electron chi connectivity index (χ2n) is 6.45. The fraction of sp³-hybridized carbons (Fsp3) is 0.471. The number of hydrogen-bond donors (Lipinski definition) is 2. The van der Waals surface area contributed by atoms with Gasteiger partial charge in [-0.15, -0.1) is 0 Å². The average Bonchev–Trinajstić information content (AvgIpc) is 3.02. The van der Waals surface area contributed by atoms with Gasteiger partial charge >= 0.3 is 0 Å². The van der Waals surface area contributed by atoms with Gasteiger partial charge in [-0.1, -0.05) is 11.3 Å². The summed E-state index contributed by atoms with van der Waals surface area (Å²) in [6.45, 7) is 3.81. The molecule has 8 nitrogen and oxygen atoms in total. The number of amides is 2. The SMILES string of the molecule is CCS(=O)(=O)N1CCC(C(=O)Nc2nc3ccc(NC(C)=O)cc3s2)CC1. The Morgan fingerprint density at radius 1 is 1.26 bits per heavy atom. The number of aromatic nitrogens is 1. The Balaban J connectivity index is 1.63. The summed E-state index contributed by atoms with van der Waals surface area (Å²) in [5, 5.41) is 6.06. The number of fused-ring (bicyclic) bond motifs is 1. The maximum Gasteiger partial charge on any atom is 0.229 e. The molecule has 10 heteroatoms. The van der Waals surface area contributed by atoms with Gasteiger partial charge < -0.3 is 10.6 Å². The van der Waals surface area contributed by atoms with E-state index in [1.807, 2.05) is 6.07 Å². The summed E-state index contributed by atoms with van der Waals surface area (Å²) in [7, 11) is -3.20. The molecule has 2 aromatic rings. The number of carbonyl (C=O) groups excluding carboxylic acids is 2. The molecule has 1 aliphatic rings. The number of hydrogen-bond acceptors (Lipinski definition) is 6. The van der Waals surface area contributed by atoms with Gasteiger partial charge in [-0.05, 0) is 38.0 Å². The standard InChI is InChI=1S/C17H22N4O4S2/c1-3-27(24,25)21-8-6-12(7-9-21)16(23)20-17-19-14-5-4-13(18-11(2)22)10-15(14)26-17/h4-5,10,12H,3,6-9H2,1-2H3,(H,18,22)(H,19,20,23). The Bertz CT molecular complexity index is 962. The molecule has 2 amide bonds. The van der Waals surface area contributed by atoms with Crippen molar-refractivity contribution in [3.63, 3.8) is 0 Å². The van der Waals surface area contributed by atoms with E-state index in [4.69, 9.17) is 0 Å². The Kier molecular flexibility index (Phi) is 5.78. The van der Waals surface area contributed by atoms with Crippen LogP contribution in [-0.2, 0) is 19.6 Å². The highest BCUT2D eigenvalue weighted by molar-refractivity contribution is 7.89. The lowest BCUT2D eigenvalue weighted by Gasteiger charge is -2.30. The monoisotopic (exact) mass is 410 g/mol. The van der Waals surface area contributed by atoms with Gasteiger partial charge in [0, 0.05) is 31.6 Å². The number of anilines is 2. The van der Waals surface area contributed by atoms with Crippen molar-refractivity contribution >= 4 is 54.2 Å². The topological polar surface area (TPSA) is 108 Å². The van der Waals surface area contributed by atoms with Gasteiger partial charge in [0.2, 0.25) is 21.8 Å². The lowest BCUT2D eigenvalue weighted by atomic mass is 9.97. The van der Waals surface area contributed by atoms with E-state index >= 15 is 0 Å². The molecular weight excluding hydrogens is 388 g/mol. The van der Waals surface area contributed by atoms with Gasteiger partial charge in [0.25, 0.3) is 0 Å². The molecule has 27 heavy (non-hydrogen) atoms. The maximum absolute atomic E-state index is 12.5. The third kappa shape index (κ3) is 4.63. The minimum absolute atomic E-state index is 0.0794. The quantitative estimate of drug-likeness (QED) is 0.786. The van der Waals surface area contributed by atoms with Gasteiger partial charge in [0.05, 0.1) is 16.0 Å². The van der Waals surface area contributed by atoms with Crippen LogP contribution in [0.2, 0.25) is 0 Å². The van der Waals surface area contributed by atoms with Crippen LogP contribution in [0, 0.1) is 5.92 Å². The number of piperidine rings is 1. The van der Waals surface area contributed by atoms with E-state index in [-0.39, 0.29) is 23.5 Å². The average molecular weight is 411 g/mol. The second-order valence-corrected chi connectivity index (χ2v) is 9.73. The van der Waals surface area contributed by atoms with Gasteiger partial charge in [0.1, 0.15) is 0 Å². The highest BCUT2D eigenvalue weighted by Crippen LogP contribution is 2.29. The number of benzene rings is 1. The van der Waals surface area contributed by atoms with Gasteiger partial charge in [0.15, 0.2) is 5.13 Å². The lowest BCUT2D eigenvalue weighted by Crippen LogP contribution is -2.42. The summed E-state index contributed by atoms with van der Waals surface area (Å²) in [5.74, 6) is -0.431. The number of sulfonamides is 1. The van der Waals surface area contributed by atoms with Crippen LogP contribution in [0.3, 0.4) is 0 Å². The maximum atomic E-state index is 12.5. The van der Waals surface area contributed by atoms with Crippen molar-refractivity contribution in [1.82, 2.24) is 9.29 Å². The van der Waals surface area contributed by atoms with E-state index in [1.165, 1.54) is 22.6 Å². The largest absolute Gasteiger partial charge is 0.326 e. The number of thiazole rings is 1. The molecule has 0 spiro atoms. The number of nitrogens with one attached hydrogen (secondary N) is 2. The smallest absolute Gasteiger partial charge is 0.229 e. The molecule has 1 aromatic heterocycles. The molecule has 0 saturated carbocycles. The molecule has 1 aliphatic heterocycles. The summed E-state index contributed by atoms with van der Waals surface area (Å²) in [5.41, 5.74) is 1.43. The predicted octanol–water partition coefficient (Wildman–Crippen LogP) is 2.25. The van der Waals surface area contributed by atoms with Crippen LogP contribution in [0.4, 0.5) is 10.8 Å². The third-order valence-electron chi connectivity index (χ3n) is 4.52. The van der Waals surface area contributed by atoms with E-state index < -0.39 is 10.0 Å². The molecule has 146 valence electrons. The first-order chi connectivity index (χ1) is 12.8. The summed E-state index contributed by atoms with van der Waals surface area (Å²) in [6, 6.07) is 5.37. The molecule has 1 fully saturated rings. The van der Waals surface area contributed by atoms with Crippen molar-refractivity contribution in [1.29, 1.82) is 0 Å². The molecule has 0 atom stereocenters. The van der Waals surface area contributed by atoms with Gasteiger partial charge in [-0.2, -0.15) is 0 Å². The number of rotatable bonds is 5. The molecule has 1 aromatic carbocycles. The van der Waals surface area contributed by atoms with E-state index in [1.54, 1.807) is 19.1 Å². The van der Waals surface area contributed by atoms with E-state index in [9.17, 15) is 18.0 Å². The zero-order chi connectivity index (χ0) is 19.6. The molecule has 2 heterocycles. The van der Waals surface area contributed by atoms with Crippen molar-refractivity contribution in [2.24, 2.45) is 5.92 Å². The Morgan fingerprint density at radius 2 is 1.96 bits per heavy atom. The fourth-order valence-corrected chi connectivity index (χ4v) is 5.09. The summed E-state index contributed by atoms with van der Waals surface area (Å²) >= 11 is 1.34. The van der Waals surface area contributed by atoms with Crippen LogP contribution in [0.25, 0.3) is 10.2 Å². The van der Waals surface area contributed by atoms with E-state index in [0.717, 1.165) is 10.2 Å². The Morgan fingerprint density at radius 3 is 2.59 bits per heavy atom. The molecule has 2 N–H and O–H groups in total. The first kappa shape index (κ1) is 19.7. The van der Waals surface area contributed by atoms with Crippen molar-refractivity contribution in [3.8, 4) is 0 Å². The summed E-state index contributed by atoms with van der Waals surface area (Å²) in [6.07, 6.45) is 1.01. The minimum atomic E-state index is -3.20. The summed E-state index contributed by atoms with van der Waals surface area (Å²) in [4.78, 5) is 28.1. The summed E-state index contributed by atoms with van der Waals surface area (Å²) < 4.78 is 26.1. The second kappa shape index (κ2) is 7.91. The van der Waals surface area contributed by atoms with Gasteiger partial charge in [-0.3, -0.25) is 9.59 Å². The fourth-order valence-electron chi connectivity index (χ4n) is 3.05. The Hall–Kier alpha value is -2.04. The molecule has 1 saturated heterocycles. The van der Waals surface area contributed by atoms with Crippen molar-refractivity contribution in [2.75, 3.05) is 29.5 Å². The molecule has 0 unspecified atom stereocenters. The third-order valence-corrected chi connectivity index (χ3v) is 7.34. The first-order valence-electron chi connectivity index (χ1n) is 8.75. The predicted molar refractivity (Wildman–Crippen MR) is 106 cm³/mol. The number of carbonyl (C=O) groups is 2. The first-order valence-corrected chi connectivity index (χ1v) is 11.2. The van der Waals surface area contributed by atoms with E-state index in [0.29, 0.717) is 36.8 Å². The van der Waals surface area contributed by atoms with Crippen LogP contribution in [0.1, 0.15) is 26.7 Å². The van der Waals surface area contributed by atoms with E-state index in [2.05, 4.69) is 15.6 Å². The van der Waals surface area contributed by atoms with Crippen molar-refractivity contribution < 1.29 is 18.0 Å². The zero-order valence-corrected chi connectivity index (χ0v) is 16.8. The minimum Gasteiger partial charge on any atom is -0.326 e. The molecule has 0 bridgehead atoms. The van der Waals surface area contributed by atoms with Crippen molar-refractivity contribution in [2.45, 2.75) is 26.7 Å². The Labute approximate surface area is 162 Å². The van der Waals surface area contributed by atoms with Crippen molar-refractivity contribution in [3.05, 3.63) is 18.2 Å². The zero-order valence-electron chi connectivity index (χ0n) is 15.2. The van der Waals surface area contributed by atoms with Gasteiger partial charge in [-0.25, -0.2) is 17.7 Å². The molecule has 0 radical (unpaired) electrons. The van der Waals surface area contributed by atoms with Crippen LogP contribution < -0.4 is 10.6 Å². The molecular formula is C17H22N4O4S2. The molecule has 3 rings (SSSR count). The van der Waals surface area contributed by atoms with Crippen LogP contribution >= 0.6 is 11.3 Å². The highest BCUT2D eigenvalue weighted by Gasteiger charge is 2.30. The lowest BCUT2D eigenvalue weighted by molar-refractivity contribution is -0.121. The van der Waals surface area contributed by atoms with Crippen LogP contribution in [0.15, 0.2) is 18.2 Å². The normalized spacial score (nSPS) is 16.4. The highest BCUT2D eigenvalue weighted by atomic mass is 32.2. The van der Waals surface area contributed by atoms with Crippen LogP contribution in [-0.4, -0.2) is 48.4 Å². The van der Waals surface area contributed by atoms with Crippen LogP contribution in [0.5, 0.6) is 0 Å². The number of nitrogens with zero attached hydrogens (tertiary/aromatic N) is 2. The molecule has 0 aliphatic carbocycles.